The highest BCUT2D eigenvalue weighted by molar-refractivity contribution is 6.12. The molecule has 10 rings (SSSR count). The Labute approximate surface area is 219 Å². The van der Waals surface area contributed by atoms with Crippen molar-refractivity contribution >= 4 is 28.0 Å². The molecule has 4 aliphatic rings. The van der Waals surface area contributed by atoms with Crippen molar-refractivity contribution in [3.05, 3.63) is 125 Å². The summed E-state index contributed by atoms with van der Waals surface area (Å²) in [7, 11) is 0. The van der Waals surface area contributed by atoms with Gasteiger partial charge in [0, 0.05) is 45.7 Å². The molecule has 0 N–H and O–H groups in total. The molecule has 178 valence electrons. The lowest BCUT2D eigenvalue weighted by Crippen LogP contribution is -2.51. The summed E-state index contributed by atoms with van der Waals surface area (Å²) in [6, 6.07) is 29.7. The molecule has 3 aromatic carbocycles. The van der Waals surface area contributed by atoms with Crippen molar-refractivity contribution in [1.82, 2.24) is 0 Å². The Kier molecular flexibility index (Phi) is 3.25. The number of aryl methyl sites for hydroxylation is 1. The van der Waals surface area contributed by atoms with Crippen molar-refractivity contribution in [1.29, 1.82) is 0 Å². The summed E-state index contributed by atoms with van der Waals surface area (Å²) in [6.45, 7) is 2.21. The van der Waals surface area contributed by atoms with Gasteiger partial charge in [-0.2, -0.15) is 9.13 Å². The third-order valence-corrected chi connectivity index (χ3v) is 9.64. The topological polar surface area (TPSA) is 20.9 Å². The lowest BCUT2D eigenvalue weighted by Gasteiger charge is -2.11. The van der Waals surface area contributed by atoms with E-state index < -0.39 is 0 Å². The zero-order valence-corrected chi connectivity index (χ0v) is 21.0. The van der Waals surface area contributed by atoms with E-state index in [0.29, 0.717) is 12.0 Å². The zero-order chi connectivity index (χ0) is 24.7. The van der Waals surface area contributed by atoms with E-state index in [9.17, 15) is 0 Å². The van der Waals surface area contributed by atoms with Gasteiger partial charge in [-0.15, -0.1) is 0 Å². The molecule has 5 heterocycles. The number of hydrogen-bond donors (Lipinski definition) is 0. The van der Waals surface area contributed by atoms with E-state index in [1.807, 2.05) is 0 Å². The molecule has 0 saturated heterocycles. The van der Waals surface area contributed by atoms with Crippen LogP contribution in [0.5, 0.6) is 0 Å². The molecule has 38 heavy (non-hydrogen) atoms. The van der Waals surface area contributed by atoms with Crippen LogP contribution in [0.3, 0.4) is 0 Å². The van der Waals surface area contributed by atoms with Gasteiger partial charge >= 0.3 is 0 Å². The molecule has 3 atom stereocenters. The van der Waals surface area contributed by atoms with E-state index >= 15 is 0 Å². The van der Waals surface area contributed by atoms with Gasteiger partial charge in [0.1, 0.15) is 17.1 Å². The first kappa shape index (κ1) is 19.6. The van der Waals surface area contributed by atoms with Crippen molar-refractivity contribution in [3.63, 3.8) is 0 Å². The van der Waals surface area contributed by atoms with Gasteiger partial charge in [-0.1, -0.05) is 48.6 Å². The lowest BCUT2D eigenvalue weighted by molar-refractivity contribution is -0.772. The number of aromatic nitrogens is 2. The van der Waals surface area contributed by atoms with E-state index in [1.54, 1.807) is 0 Å². The van der Waals surface area contributed by atoms with Gasteiger partial charge in [-0.05, 0) is 48.7 Å². The Morgan fingerprint density at radius 2 is 1.71 bits per heavy atom. The maximum atomic E-state index is 6.87. The molecule has 3 aromatic heterocycles. The molecule has 0 bridgehead atoms. The minimum atomic E-state index is -0.181. The third kappa shape index (κ3) is 2.02. The molecule has 2 aliphatic heterocycles. The Morgan fingerprint density at radius 3 is 2.68 bits per heavy atom. The Bertz CT molecular complexity index is 2040. The van der Waals surface area contributed by atoms with Gasteiger partial charge in [0.25, 0.3) is 5.54 Å². The monoisotopic (exact) mass is 488 g/mol. The fourth-order valence-corrected chi connectivity index (χ4v) is 8.15. The second-order valence-electron chi connectivity index (χ2n) is 11.4. The highest BCUT2D eigenvalue weighted by atomic mass is 16.3. The third-order valence-electron chi connectivity index (χ3n) is 9.64. The molecule has 1 fully saturated rings. The molecule has 3 nitrogen and oxygen atoms in total. The maximum absolute atomic E-state index is 6.87. The van der Waals surface area contributed by atoms with Crippen molar-refractivity contribution < 1.29 is 13.6 Å². The predicted octanol–water partition coefficient (Wildman–Crippen LogP) is 6.78. The maximum Gasteiger partial charge on any atom is 0.269 e. The first-order valence-electron chi connectivity index (χ1n) is 13.6. The molecule has 1 saturated carbocycles. The highest BCUT2D eigenvalue weighted by Crippen LogP contribution is 2.71. The highest BCUT2D eigenvalue weighted by Gasteiger charge is 2.86. The fourth-order valence-electron chi connectivity index (χ4n) is 8.15. The van der Waals surface area contributed by atoms with Gasteiger partial charge in [-0.3, -0.25) is 0 Å². The lowest BCUT2D eigenvalue weighted by atomic mass is 9.92. The minimum Gasteiger partial charge on any atom is -0.455 e. The summed E-state index contributed by atoms with van der Waals surface area (Å²) in [4.78, 5) is 0. The van der Waals surface area contributed by atoms with Crippen molar-refractivity contribution in [2.45, 2.75) is 30.8 Å². The molecule has 3 heteroatoms. The number of nitrogens with zero attached hydrogens (tertiary/aromatic N) is 2. The standard InChI is InChI=1S/C35H24N2O/c1-20-12-17-29-30-27(16-15-26-25-14-13-21-7-6-10-22(21)32(25)38-33(26)30)35(37(29)19-20)31-24-9-3-2-8-23(24)28-11-4-5-18-36(28)34(31)35/h2-6,8-19,31,34H,7H2,1H3/q+2. The normalized spacial score (nSPS) is 22.8. The van der Waals surface area contributed by atoms with Gasteiger partial charge in [0.05, 0.1) is 11.1 Å². The second-order valence-corrected chi connectivity index (χ2v) is 11.4. The second kappa shape index (κ2) is 6.31. The van der Waals surface area contributed by atoms with E-state index in [2.05, 4.69) is 119 Å². The number of hydrogen-bond acceptors (Lipinski definition) is 1. The summed E-state index contributed by atoms with van der Waals surface area (Å²) in [5.41, 5.74) is 13.8. The van der Waals surface area contributed by atoms with Crippen molar-refractivity contribution in [2.24, 2.45) is 0 Å². The first-order chi connectivity index (χ1) is 18.8. The number of pyridine rings is 2. The average Bonchev–Trinajstić information content (AvgIpc) is 3.21. The van der Waals surface area contributed by atoms with Crippen LogP contribution in [0.25, 0.3) is 50.5 Å². The smallest absolute Gasteiger partial charge is 0.269 e. The van der Waals surface area contributed by atoms with Crippen LogP contribution in [0, 0.1) is 6.92 Å². The SMILES string of the molecule is Cc1ccc2[n+](c1)C1(c3ccc4c(oc5c6c(ccc54)CC=C6)c3-2)C2c3ccccc3-c3cccc[n+]3C21. The fraction of sp³-hybridized carbons (Fsp3) is 0.143. The number of benzene rings is 3. The molecule has 1 spiro atoms. The van der Waals surface area contributed by atoms with Crippen LogP contribution in [0.2, 0.25) is 0 Å². The van der Waals surface area contributed by atoms with Crippen LogP contribution in [0.15, 0.2) is 102 Å². The Hall–Kier alpha value is -4.50. The summed E-state index contributed by atoms with van der Waals surface area (Å²) < 4.78 is 12.0. The quantitative estimate of drug-likeness (QED) is 0.216. The molecular weight excluding hydrogens is 464 g/mol. The largest absolute Gasteiger partial charge is 0.455 e. The van der Waals surface area contributed by atoms with Crippen LogP contribution < -0.4 is 9.13 Å². The summed E-state index contributed by atoms with van der Waals surface area (Å²) >= 11 is 0. The number of rotatable bonds is 0. The van der Waals surface area contributed by atoms with Gasteiger partial charge in [0.2, 0.25) is 17.4 Å². The van der Waals surface area contributed by atoms with Crippen molar-refractivity contribution in [2.75, 3.05) is 0 Å². The van der Waals surface area contributed by atoms with Crippen LogP contribution in [-0.2, 0) is 12.0 Å². The van der Waals surface area contributed by atoms with E-state index in [4.69, 9.17) is 4.42 Å². The summed E-state index contributed by atoms with van der Waals surface area (Å²) in [5.74, 6) is 0.361. The first-order valence-corrected chi connectivity index (χ1v) is 13.6. The van der Waals surface area contributed by atoms with E-state index in [1.165, 1.54) is 61.1 Å². The summed E-state index contributed by atoms with van der Waals surface area (Å²) in [6.07, 6.45) is 10.1. The predicted molar refractivity (Wildman–Crippen MR) is 148 cm³/mol. The Morgan fingerprint density at radius 1 is 0.842 bits per heavy atom. The Balaban J connectivity index is 1.35. The van der Waals surface area contributed by atoms with Crippen LogP contribution >= 0.6 is 0 Å². The van der Waals surface area contributed by atoms with Gasteiger partial charge in [0.15, 0.2) is 12.4 Å². The van der Waals surface area contributed by atoms with Gasteiger partial charge in [-0.25, -0.2) is 0 Å². The molecule has 0 radical (unpaired) electrons. The van der Waals surface area contributed by atoms with Crippen LogP contribution in [0.1, 0.15) is 39.8 Å². The van der Waals surface area contributed by atoms with Crippen LogP contribution in [-0.4, -0.2) is 0 Å². The minimum absolute atomic E-state index is 0.181. The average molecular weight is 489 g/mol. The van der Waals surface area contributed by atoms with Crippen LogP contribution in [0.4, 0.5) is 0 Å². The molecular formula is C35H24N2O+2. The van der Waals surface area contributed by atoms with E-state index in [-0.39, 0.29) is 5.54 Å². The number of fused-ring (bicyclic) bond motifs is 19. The van der Waals surface area contributed by atoms with Crippen molar-refractivity contribution in [3.8, 4) is 22.5 Å². The summed E-state index contributed by atoms with van der Waals surface area (Å²) in [5, 5.41) is 2.43. The zero-order valence-electron chi connectivity index (χ0n) is 21.0. The molecule has 3 unspecified atom stereocenters. The molecule has 0 amide bonds. The number of allylic oxidation sites excluding steroid dienone is 1. The van der Waals surface area contributed by atoms with E-state index in [0.717, 1.165) is 17.6 Å². The molecule has 2 aliphatic carbocycles. The molecule has 6 aromatic rings. The van der Waals surface area contributed by atoms with Gasteiger partial charge < -0.3 is 4.42 Å². The number of furan rings is 1.